The standard InChI is InChI=1S/C12H23NO3.C12H21NO2.C11H18O3.CH5N.H2O.2H2/c1-4-6-7-9(5-2)10(12(15)16)8-11(14)13-3;1-4-6-7-9(5-2)10-8-11(14)13(3)12(10)15;1-3-5-6-8(4-2)9-7-10(12)14-11(9)13;1-2;;;/h9-10H,4-8H2,1-3H3,(H,13,14)(H,15,16);9-10H,4-8H2,1-3H3;8-9H,3-7H2,1-2H3;2H2,1H3;1H2;2*1H/i;;;;;2*1+1. The zero-order valence-electron chi connectivity index (χ0n) is 31.4. The first-order valence-electron chi connectivity index (χ1n) is 17.9. The van der Waals surface area contributed by atoms with Crippen LogP contribution in [0.15, 0.2) is 0 Å². The topological polar surface area (TPSA) is 205 Å². The van der Waals surface area contributed by atoms with E-state index in [9.17, 15) is 28.8 Å². The number of imide groups is 1. The van der Waals surface area contributed by atoms with Crippen molar-refractivity contribution in [2.45, 2.75) is 138 Å². The van der Waals surface area contributed by atoms with Gasteiger partial charge in [-0.05, 0) is 44.1 Å². The van der Waals surface area contributed by atoms with E-state index in [0.717, 1.165) is 77.0 Å². The van der Waals surface area contributed by atoms with Crippen LogP contribution in [-0.2, 0) is 33.5 Å². The van der Waals surface area contributed by atoms with Gasteiger partial charge in [0.25, 0.3) is 0 Å². The van der Waals surface area contributed by atoms with Crippen LogP contribution in [0.5, 0.6) is 0 Å². The summed E-state index contributed by atoms with van der Waals surface area (Å²) in [5, 5.41) is 11.6. The highest BCUT2D eigenvalue weighted by molar-refractivity contribution is 6.03. The lowest BCUT2D eigenvalue weighted by molar-refractivity contribution is -0.154. The molecule has 0 aromatic heterocycles. The van der Waals surface area contributed by atoms with Crippen molar-refractivity contribution in [1.82, 2.24) is 10.2 Å². The number of carbonyl (C=O) groups is 6. The van der Waals surface area contributed by atoms with Crippen molar-refractivity contribution in [3.05, 3.63) is 0 Å². The van der Waals surface area contributed by atoms with Gasteiger partial charge in [0.15, 0.2) is 0 Å². The zero-order chi connectivity index (χ0) is 36.5. The van der Waals surface area contributed by atoms with Crippen molar-refractivity contribution in [3.8, 4) is 0 Å². The number of hydrogen-bond acceptors (Lipinski definition) is 8. The molecule has 6 N–H and O–H groups in total. The number of hydrogen-bond donors (Lipinski definition) is 3. The fourth-order valence-corrected chi connectivity index (χ4v) is 6.23. The molecule has 2 heterocycles. The van der Waals surface area contributed by atoms with Crippen molar-refractivity contribution in [2.75, 3.05) is 21.1 Å². The highest BCUT2D eigenvalue weighted by Gasteiger charge is 2.40. The number of carbonyl (C=O) groups excluding carboxylic acids is 5. The van der Waals surface area contributed by atoms with E-state index in [2.05, 4.69) is 50.4 Å². The van der Waals surface area contributed by atoms with Crippen molar-refractivity contribution < 1.29 is 46.9 Å². The number of aliphatic carboxylic acids is 1. The number of rotatable bonds is 18. The molecule has 0 radical (unpaired) electrons. The molecule has 0 aliphatic carbocycles. The fraction of sp³-hybridized carbons (Fsp3) is 0.833. The molecule has 2 fully saturated rings. The highest BCUT2D eigenvalue weighted by atomic mass is 16.6. The van der Waals surface area contributed by atoms with Crippen LogP contribution < -0.4 is 11.1 Å². The summed E-state index contributed by atoms with van der Waals surface area (Å²) in [5.74, 6) is -1.62. The molecule has 0 aromatic rings. The largest absolute Gasteiger partial charge is 0.481 e. The maximum absolute atomic E-state index is 11.8. The van der Waals surface area contributed by atoms with Gasteiger partial charge in [0.1, 0.15) is 0 Å². The molecule has 12 nitrogen and oxygen atoms in total. The summed E-state index contributed by atoms with van der Waals surface area (Å²) in [6.07, 6.45) is 13.2. The molecule has 6 unspecified atom stereocenters. The number of unbranched alkanes of at least 4 members (excludes halogenated alkanes) is 3. The van der Waals surface area contributed by atoms with Crippen molar-refractivity contribution >= 4 is 35.6 Å². The van der Waals surface area contributed by atoms with Crippen LogP contribution in [0.1, 0.15) is 141 Å². The van der Waals surface area contributed by atoms with Crippen molar-refractivity contribution in [2.24, 2.45) is 41.2 Å². The first-order chi connectivity index (χ1) is 22.4. The Morgan fingerprint density at radius 1 is 0.854 bits per heavy atom. The number of amides is 3. The number of cyclic esters (lactones) is 2. The van der Waals surface area contributed by atoms with Crippen LogP contribution in [0.3, 0.4) is 0 Å². The molecule has 2 rings (SSSR count). The average Bonchev–Trinajstić information content (AvgIpc) is 3.54. The van der Waals surface area contributed by atoms with Gasteiger partial charge in [0.05, 0.1) is 24.2 Å². The molecular formula is C36H73N3O9. The normalized spacial score (nSPS) is 19.2. The van der Waals surface area contributed by atoms with Crippen LogP contribution in [0.25, 0.3) is 0 Å². The van der Waals surface area contributed by atoms with Gasteiger partial charge < -0.3 is 26.4 Å². The number of nitrogens with two attached hydrogens (primary N) is 1. The smallest absolute Gasteiger partial charge is 0.317 e. The lowest BCUT2D eigenvalue weighted by Crippen LogP contribution is -2.30. The molecule has 0 spiro atoms. The third-order valence-corrected chi connectivity index (χ3v) is 9.39. The molecule has 12 heteroatoms. The van der Waals surface area contributed by atoms with Gasteiger partial charge in [-0.1, -0.05) is 99.3 Å². The van der Waals surface area contributed by atoms with E-state index >= 15 is 0 Å². The number of nitrogens with one attached hydrogen (secondary N) is 1. The third-order valence-electron chi connectivity index (χ3n) is 9.39. The Labute approximate surface area is 292 Å². The van der Waals surface area contributed by atoms with Gasteiger partial charge in [-0.2, -0.15) is 0 Å². The van der Waals surface area contributed by atoms with Crippen LogP contribution >= 0.6 is 0 Å². The lowest BCUT2D eigenvalue weighted by Gasteiger charge is -2.21. The molecule has 3 amide bonds. The molecule has 6 atom stereocenters. The van der Waals surface area contributed by atoms with Crippen LogP contribution in [0, 0.1) is 35.5 Å². The van der Waals surface area contributed by atoms with Crippen LogP contribution in [-0.4, -0.2) is 72.3 Å². The van der Waals surface area contributed by atoms with Crippen LogP contribution in [0.4, 0.5) is 0 Å². The molecular weight excluding hydrogens is 618 g/mol. The lowest BCUT2D eigenvalue weighted by atomic mass is 9.83. The molecule has 286 valence electrons. The van der Waals surface area contributed by atoms with Crippen molar-refractivity contribution in [3.63, 3.8) is 0 Å². The molecule has 48 heavy (non-hydrogen) atoms. The number of likely N-dealkylation sites (tertiary alicyclic amines) is 1. The third kappa shape index (κ3) is 18.1. The van der Waals surface area contributed by atoms with E-state index in [1.807, 2.05) is 6.92 Å². The van der Waals surface area contributed by atoms with E-state index in [0.29, 0.717) is 24.7 Å². The number of carboxylic acids is 1. The van der Waals surface area contributed by atoms with E-state index in [1.165, 1.54) is 19.0 Å². The van der Waals surface area contributed by atoms with E-state index < -0.39 is 11.9 Å². The Morgan fingerprint density at radius 2 is 1.33 bits per heavy atom. The van der Waals surface area contributed by atoms with Gasteiger partial charge in [0.2, 0.25) is 17.7 Å². The maximum atomic E-state index is 11.8. The zero-order valence-corrected chi connectivity index (χ0v) is 31.4. The molecule has 0 aromatic carbocycles. The molecule has 0 bridgehead atoms. The summed E-state index contributed by atoms with van der Waals surface area (Å²) in [5.41, 5.74) is 4.50. The predicted molar refractivity (Wildman–Crippen MR) is 193 cm³/mol. The SMILES string of the molecule is CCCCC(CC)C(CC(=O)NC)C(=O)O.CCCCC(CC)C1CC(=O)N(C)C1=O.CCCCC(CC)C1CC(=O)OC1=O.CN.O.[2HH].[2HH]. The Morgan fingerprint density at radius 3 is 1.67 bits per heavy atom. The quantitative estimate of drug-likeness (QED) is 0.0902. The van der Waals surface area contributed by atoms with Crippen LogP contribution in [0.2, 0.25) is 0 Å². The minimum Gasteiger partial charge on any atom is -0.481 e. The fourth-order valence-electron chi connectivity index (χ4n) is 6.23. The first kappa shape index (κ1) is 49.5. The highest BCUT2D eigenvalue weighted by Crippen LogP contribution is 2.32. The maximum Gasteiger partial charge on any atom is 0.317 e. The summed E-state index contributed by atoms with van der Waals surface area (Å²) in [6, 6.07) is 0. The van der Waals surface area contributed by atoms with Gasteiger partial charge in [-0.25, -0.2) is 0 Å². The second-order valence-corrected chi connectivity index (χ2v) is 12.5. The summed E-state index contributed by atoms with van der Waals surface area (Å²) in [6.45, 7) is 12.5. The van der Waals surface area contributed by atoms with E-state index in [1.54, 1.807) is 7.05 Å². The predicted octanol–water partition coefficient (Wildman–Crippen LogP) is 5.78. The van der Waals surface area contributed by atoms with Gasteiger partial charge in [0, 0.05) is 29.8 Å². The van der Waals surface area contributed by atoms with E-state index in [4.69, 9.17) is 5.11 Å². The first-order valence-corrected chi connectivity index (χ1v) is 17.9. The number of nitrogens with zero attached hydrogens (tertiary/aromatic N) is 1. The molecule has 0 saturated carbocycles. The summed E-state index contributed by atoms with van der Waals surface area (Å²) in [4.78, 5) is 69.1. The van der Waals surface area contributed by atoms with Crippen molar-refractivity contribution in [1.29, 1.82) is 0 Å². The Balaban J connectivity index is -0.000000192. The average molecular weight is 694 g/mol. The molecule has 2 aliphatic rings. The summed E-state index contributed by atoms with van der Waals surface area (Å²) < 4.78 is 4.56. The summed E-state index contributed by atoms with van der Waals surface area (Å²) >= 11 is 0. The Bertz CT molecular complexity index is 956. The summed E-state index contributed by atoms with van der Waals surface area (Å²) in [7, 11) is 4.63. The Kier molecular flexibility index (Phi) is 30.0. The molecule has 2 saturated heterocycles. The number of ether oxygens (including phenoxy) is 1. The minimum atomic E-state index is -0.855. The second-order valence-electron chi connectivity index (χ2n) is 12.5. The second kappa shape index (κ2) is 29.1. The van der Waals surface area contributed by atoms with Gasteiger partial charge in [-0.3, -0.25) is 33.7 Å². The number of esters is 2. The van der Waals surface area contributed by atoms with Gasteiger partial charge in [-0.15, -0.1) is 0 Å². The monoisotopic (exact) mass is 694 g/mol. The number of carboxylic acid groups (broad SMARTS) is 1. The molecule has 2 aliphatic heterocycles. The van der Waals surface area contributed by atoms with Gasteiger partial charge >= 0.3 is 17.9 Å². The van der Waals surface area contributed by atoms with E-state index in [-0.39, 0.29) is 62.2 Å². The minimum absolute atomic E-state index is 0. The Hall–Kier alpha value is -2.86.